The molecule has 1 amide bonds. The van der Waals surface area contributed by atoms with Gasteiger partial charge in [0.2, 0.25) is 6.79 Å². The van der Waals surface area contributed by atoms with Crippen LogP contribution >= 0.6 is 0 Å². The Morgan fingerprint density at radius 3 is 2.56 bits per heavy atom. The minimum Gasteiger partial charge on any atom is -0.492 e. The molecule has 0 unspecified atom stereocenters. The van der Waals surface area contributed by atoms with Crippen LogP contribution in [0.15, 0.2) is 35.9 Å². The average molecular weight is 466 g/mol. The summed E-state index contributed by atoms with van der Waals surface area (Å²) in [4.78, 5) is 15.2. The minimum atomic E-state index is -0.553. The lowest BCUT2D eigenvalue weighted by molar-refractivity contribution is -0.112. The molecule has 0 saturated carbocycles. The zero-order valence-electron chi connectivity index (χ0n) is 19.3. The quantitative estimate of drug-likeness (QED) is 0.466. The molecule has 0 atom stereocenters. The van der Waals surface area contributed by atoms with Crippen LogP contribution in [0.5, 0.6) is 23.0 Å². The highest BCUT2D eigenvalue weighted by Gasteiger charge is 2.21. The van der Waals surface area contributed by atoms with E-state index in [4.69, 9.17) is 23.7 Å². The van der Waals surface area contributed by atoms with Gasteiger partial charge >= 0.3 is 0 Å². The molecule has 2 heterocycles. The summed E-state index contributed by atoms with van der Waals surface area (Å²) >= 11 is 0. The first kappa shape index (κ1) is 23.3. The number of morpholine rings is 1. The number of hydrogen-bond acceptors (Lipinski definition) is 8. The third kappa shape index (κ3) is 5.18. The molecule has 0 aromatic heterocycles. The van der Waals surface area contributed by atoms with E-state index in [9.17, 15) is 10.1 Å². The summed E-state index contributed by atoms with van der Waals surface area (Å²) in [6.07, 6.45) is 1.50. The van der Waals surface area contributed by atoms with Crippen LogP contribution in [0.25, 0.3) is 6.08 Å². The first-order valence-electron chi connectivity index (χ1n) is 11.2. The van der Waals surface area contributed by atoms with Gasteiger partial charge < -0.3 is 33.9 Å². The Hall–Kier alpha value is -3.90. The Kier molecular flexibility index (Phi) is 7.40. The van der Waals surface area contributed by atoms with E-state index >= 15 is 0 Å². The van der Waals surface area contributed by atoms with Crippen molar-refractivity contribution < 1.29 is 28.5 Å². The molecule has 1 N–H and O–H groups in total. The third-order valence-electron chi connectivity index (χ3n) is 5.33. The number of nitriles is 1. The highest BCUT2D eigenvalue weighted by molar-refractivity contribution is 6.10. The summed E-state index contributed by atoms with van der Waals surface area (Å²) in [6, 6.07) is 10.8. The smallest absolute Gasteiger partial charge is 0.266 e. The second-order valence-electron chi connectivity index (χ2n) is 7.52. The number of rotatable bonds is 8. The van der Waals surface area contributed by atoms with Crippen LogP contribution in [-0.2, 0) is 9.53 Å². The van der Waals surface area contributed by atoms with Crippen molar-refractivity contribution in [1.82, 2.24) is 0 Å². The highest BCUT2D eigenvalue weighted by Crippen LogP contribution is 2.39. The van der Waals surface area contributed by atoms with Crippen LogP contribution in [0.3, 0.4) is 0 Å². The Morgan fingerprint density at radius 2 is 1.82 bits per heavy atom. The predicted molar refractivity (Wildman–Crippen MR) is 127 cm³/mol. The van der Waals surface area contributed by atoms with Crippen LogP contribution in [0.1, 0.15) is 19.4 Å². The lowest BCUT2D eigenvalue weighted by Crippen LogP contribution is -2.36. The van der Waals surface area contributed by atoms with Gasteiger partial charge in [-0.3, -0.25) is 4.79 Å². The summed E-state index contributed by atoms with van der Waals surface area (Å²) in [5.41, 5.74) is 1.90. The minimum absolute atomic E-state index is 0.0588. The highest BCUT2D eigenvalue weighted by atomic mass is 16.7. The number of nitrogens with one attached hydrogen (secondary N) is 1. The van der Waals surface area contributed by atoms with Crippen molar-refractivity contribution in [2.75, 3.05) is 56.5 Å². The van der Waals surface area contributed by atoms with Gasteiger partial charge in [-0.05, 0) is 37.6 Å². The van der Waals surface area contributed by atoms with E-state index in [1.807, 2.05) is 26.0 Å². The van der Waals surface area contributed by atoms with Crippen LogP contribution < -0.4 is 29.2 Å². The second kappa shape index (κ2) is 10.8. The van der Waals surface area contributed by atoms with Crippen LogP contribution in [-0.4, -0.2) is 52.2 Å². The van der Waals surface area contributed by atoms with Gasteiger partial charge in [0.1, 0.15) is 23.1 Å². The van der Waals surface area contributed by atoms with Gasteiger partial charge in [0, 0.05) is 25.2 Å². The number of hydrogen-bond donors (Lipinski definition) is 1. The normalized spacial score (nSPS) is 15.0. The molecule has 178 valence electrons. The number of nitrogens with zero attached hydrogens (tertiary/aromatic N) is 2. The fourth-order valence-electron chi connectivity index (χ4n) is 3.75. The lowest BCUT2D eigenvalue weighted by atomic mass is 10.1. The maximum absolute atomic E-state index is 13.0. The van der Waals surface area contributed by atoms with Gasteiger partial charge in [0.15, 0.2) is 11.5 Å². The summed E-state index contributed by atoms with van der Waals surface area (Å²) in [7, 11) is 0. The Bertz CT molecular complexity index is 1120. The molecule has 0 radical (unpaired) electrons. The monoisotopic (exact) mass is 465 g/mol. The standard InChI is InChI=1S/C25H27N3O6/c1-3-31-22-14-20(28-7-9-30-10-8-28)23(32-4-2)13-19(22)27-25(29)18(15-26)11-17-5-6-21-24(12-17)34-16-33-21/h5-6,11-14H,3-4,7-10,16H2,1-2H3,(H,27,29). The molecular formula is C25H27N3O6. The van der Waals surface area contributed by atoms with E-state index in [1.54, 1.807) is 24.3 Å². The Balaban J connectivity index is 1.62. The third-order valence-corrected chi connectivity index (χ3v) is 5.33. The van der Waals surface area contributed by atoms with Gasteiger partial charge in [-0.15, -0.1) is 0 Å². The zero-order valence-corrected chi connectivity index (χ0v) is 19.3. The molecular weight excluding hydrogens is 438 g/mol. The first-order chi connectivity index (χ1) is 16.6. The van der Waals surface area contributed by atoms with Crippen molar-refractivity contribution >= 4 is 23.4 Å². The number of ether oxygens (including phenoxy) is 5. The molecule has 0 spiro atoms. The van der Waals surface area contributed by atoms with E-state index < -0.39 is 5.91 Å². The van der Waals surface area contributed by atoms with Gasteiger partial charge in [0.25, 0.3) is 5.91 Å². The molecule has 2 aliphatic rings. The molecule has 4 rings (SSSR count). The molecule has 1 fully saturated rings. The maximum Gasteiger partial charge on any atom is 0.266 e. The van der Waals surface area contributed by atoms with Crippen LogP contribution in [0, 0.1) is 11.3 Å². The van der Waals surface area contributed by atoms with Crippen molar-refractivity contribution in [2.45, 2.75) is 13.8 Å². The first-order valence-corrected chi connectivity index (χ1v) is 11.2. The van der Waals surface area contributed by atoms with E-state index in [1.165, 1.54) is 6.08 Å². The molecule has 2 aromatic rings. The van der Waals surface area contributed by atoms with Gasteiger partial charge in [0.05, 0.1) is 37.8 Å². The molecule has 0 aliphatic carbocycles. The Labute approximate surface area is 198 Å². The largest absolute Gasteiger partial charge is 0.492 e. The van der Waals surface area contributed by atoms with Crippen LogP contribution in [0.4, 0.5) is 11.4 Å². The van der Waals surface area contributed by atoms with Crippen molar-refractivity contribution in [3.8, 4) is 29.1 Å². The predicted octanol–water partition coefficient (Wildman–Crippen LogP) is 3.59. The number of amides is 1. The summed E-state index contributed by atoms with van der Waals surface area (Å²) < 4.78 is 27.8. The maximum atomic E-state index is 13.0. The second-order valence-corrected chi connectivity index (χ2v) is 7.52. The molecule has 9 heteroatoms. The topological polar surface area (TPSA) is 102 Å². The van der Waals surface area contributed by atoms with Crippen molar-refractivity contribution in [1.29, 1.82) is 5.26 Å². The van der Waals surface area contributed by atoms with E-state index in [-0.39, 0.29) is 12.4 Å². The molecule has 9 nitrogen and oxygen atoms in total. The zero-order chi connectivity index (χ0) is 23.9. The summed E-state index contributed by atoms with van der Waals surface area (Å²) in [5, 5.41) is 12.5. The number of anilines is 2. The number of carbonyl (C=O) groups is 1. The fourth-order valence-corrected chi connectivity index (χ4v) is 3.75. The van der Waals surface area contributed by atoms with E-state index in [0.29, 0.717) is 60.7 Å². The molecule has 34 heavy (non-hydrogen) atoms. The molecule has 1 saturated heterocycles. The molecule has 2 aliphatic heterocycles. The number of benzene rings is 2. The van der Waals surface area contributed by atoms with Crippen molar-refractivity contribution in [3.63, 3.8) is 0 Å². The summed E-state index contributed by atoms with van der Waals surface area (Å²) in [6.45, 7) is 7.52. The SMILES string of the molecule is CCOc1cc(N2CCOCC2)c(OCC)cc1NC(=O)C(C#N)=Cc1ccc2c(c1)OCO2. The van der Waals surface area contributed by atoms with Gasteiger partial charge in [-0.1, -0.05) is 6.07 Å². The van der Waals surface area contributed by atoms with E-state index in [0.717, 1.165) is 18.8 Å². The number of carbonyl (C=O) groups excluding carboxylic acids is 1. The van der Waals surface area contributed by atoms with Crippen LogP contribution in [0.2, 0.25) is 0 Å². The van der Waals surface area contributed by atoms with Gasteiger partial charge in [-0.25, -0.2) is 0 Å². The fraction of sp³-hybridized carbons (Fsp3) is 0.360. The Morgan fingerprint density at radius 1 is 1.09 bits per heavy atom. The number of fused-ring (bicyclic) bond motifs is 1. The van der Waals surface area contributed by atoms with Gasteiger partial charge in [-0.2, -0.15) is 5.26 Å². The lowest BCUT2D eigenvalue weighted by Gasteiger charge is -2.31. The summed E-state index contributed by atoms with van der Waals surface area (Å²) in [5.74, 6) is 1.78. The molecule has 2 aromatic carbocycles. The molecule has 0 bridgehead atoms. The average Bonchev–Trinajstić information content (AvgIpc) is 3.32. The van der Waals surface area contributed by atoms with Crippen molar-refractivity contribution in [3.05, 3.63) is 41.5 Å². The van der Waals surface area contributed by atoms with Crippen molar-refractivity contribution in [2.24, 2.45) is 0 Å². The van der Waals surface area contributed by atoms with E-state index in [2.05, 4.69) is 10.2 Å².